The second-order valence-electron chi connectivity index (χ2n) is 9.30. The summed E-state index contributed by atoms with van der Waals surface area (Å²) in [6.07, 6.45) is 2.90. The van der Waals surface area contributed by atoms with Gasteiger partial charge in [-0.2, -0.15) is 4.98 Å². The topological polar surface area (TPSA) is 84.9 Å². The van der Waals surface area contributed by atoms with Crippen molar-refractivity contribution in [3.05, 3.63) is 17.6 Å². The van der Waals surface area contributed by atoms with Crippen molar-refractivity contribution in [3.8, 4) is 5.88 Å². The number of aryl methyl sites for hydroxylation is 2. The Morgan fingerprint density at radius 2 is 1.73 bits per heavy atom. The number of ether oxygens (including phenoxy) is 2. The van der Waals surface area contributed by atoms with Crippen LogP contribution in [0, 0.1) is 19.8 Å². The van der Waals surface area contributed by atoms with Crippen molar-refractivity contribution in [1.82, 2.24) is 19.8 Å². The van der Waals surface area contributed by atoms with Gasteiger partial charge >= 0.3 is 6.09 Å². The van der Waals surface area contributed by atoms with E-state index in [1.807, 2.05) is 45.6 Å². The van der Waals surface area contributed by atoms with Crippen molar-refractivity contribution in [2.24, 2.45) is 5.92 Å². The largest absolute Gasteiger partial charge is 0.474 e. The number of amides is 2. The van der Waals surface area contributed by atoms with Crippen LogP contribution in [0.15, 0.2) is 6.07 Å². The fourth-order valence-corrected chi connectivity index (χ4v) is 4.04. The molecule has 0 aliphatic carbocycles. The van der Waals surface area contributed by atoms with Gasteiger partial charge < -0.3 is 19.3 Å². The summed E-state index contributed by atoms with van der Waals surface area (Å²) in [5.74, 6) is 1.28. The Balaban J connectivity index is 1.50. The highest BCUT2D eigenvalue weighted by Crippen LogP contribution is 2.24. The number of hydrogen-bond acceptors (Lipinski definition) is 6. The van der Waals surface area contributed by atoms with Gasteiger partial charge in [0.1, 0.15) is 17.5 Å². The first-order valence-electron chi connectivity index (χ1n) is 10.9. The number of carbonyl (C=O) groups is 2. The molecular formula is C22H34N4O4. The molecule has 2 amide bonds. The molecule has 0 N–H and O–H groups in total. The van der Waals surface area contributed by atoms with E-state index in [1.54, 1.807) is 4.90 Å². The minimum Gasteiger partial charge on any atom is -0.474 e. The zero-order chi connectivity index (χ0) is 21.9. The predicted molar refractivity (Wildman–Crippen MR) is 112 cm³/mol. The maximum atomic E-state index is 13.0. The minimum absolute atomic E-state index is 0.0485. The first-order chi connectivity index (χ1) is 14.1. The van der Waals surface area contributed by atoms with Crippen LogP contribution < -0.4 is 4.74 Å². The van der Waals surface area contributed by atoms with Crippen LogP contribution >= 0.6 is 0 Å². The molecule has 2 fully saturated rings. The Labute approximate surface area is 178 Å². The van der Waals surface area contributed by atoms with Crippen LogP contribution in [0.1, 0.15) is 58.0 Å². The Bertz CT molecular complexity index is 749. The van der Waals surface area contributed by atoms with E-state index in [0.29, 0.717) is 37.9 Å². The second kappa shape index (κ2) is 9.18. The average molecular weight is 419 g/mol. The van der Waals surface area contributed by atoms with Gasteiger partial charge in [0.15, 0.2) is 0 Å². The third kappa shape index (κ3) is 6.06. The summed E-state index contributed by atoms with van der Waals surface area (Å²) >= 11 is 0. The summed E-state index contributed by atoms with van der Waals surface area (Å²) in [4.78, 5) is 37.6. The number of hydrogen-bond donors (Lipinski definition) is 0. The van der Waals surface area contributed by atoms with Crippen molar-refractivity contribution >= 4 is 12.0 Å². The Hall–Kier alpha value is -2.38. The molecule has 30 heavy (non-hydrogen) atoms. The summed E-state index contributed by atoms with van der Waals surface area (Å²) in [5.41, 5.74) is 0.355. The molecule has 0 bridgehead atoms. The monoisotopic (exact) mass is 418 g/mol. The van der Waals surface area contributed by atoms with Gasteiger partial charge in [-0.25, -0.2) is 9.78 Å². The molecule has 2 saturated heterocycles. The maximum Gasteiger partial charge on any atom is 0.410 e. The average Bonchev–Trinajstić information content (AvgIpc) is 2.66. The predicted octanol–water partition coefficient (Wildman–Crippen LogP) is 3.11. The first kappa shape index (κ1) is 22.3. The van der Waals surface area contributed by atoms with Gasteiger partial charge in [0.25, 0.3) is 0 Å². The summed E-state index contributed by atoms with van der Waals surface area (Å²) in [6.45, 7) is 11.7. The van der Waals surface area contributed by atoms with Crippen LogP contribution in [0.25, 0.3) is 0 Å². The quantitative estimate of drug-likeness (QED) is 0.750. The molecule has 2 aliphatic heterocycles. The molecule has 0 radical (unpaired) electrons. The van der Waals surface area contributed by atoms with Gasteiger partial charge in [-0.15, -0.1) is 0 Å². The lowest BCUT2D eigenvalue weighted by molar-refractivity contribution is -0.139. The maximum absolute atomic E-state index is 13.0. The van der Waals surface area contributed by atoms with E-state index >= 15 is 0 Å². The molecule has 0 saturated carbocycles. The molecule has 1 aromatic rings. The van der Waals surface area contributed by atoms with E-state index in [9.17, 15) is 9.59 Å². The molecule has 1 aromatic heterocycles. The van der Waals surface area contributed by atoms with Crippen LogP contribution in [0.3, 0.4) is 0 Å². The van der Waals surface area contributed by atoms with E-state index in [-0.39, 0.29) is 24.0 Å². The van der Waals surface area contributed by atoms with Crippen LogP contribution in [0.4, 0.5) is 4.79 Å². The highest BCUT2D eigenvalue weighted by Gasteiger charge is 2.34. The van der Waals surface area contributed by atoms with Crippen LogP contribution in [0.2, 0.25) is 0 Å². The van der Waals surface area contributed by atoms with Crippen LogP contribution in [-0.4, -0.2) is 69.7 Å². The SMILES string of the molecule is Cc1cc(OC2CCN(C(=O)[C@H]3CCCN(C(=O)OC(C)(C)C)C3)CC2)nc(C)n1. The molecule has 8 nitrogen and oxygen atoms in total. The zero-order valence-corrected chi connectivity index (χ0v) is 18.8. The lowest BCUT2D eigenvalue weighted by atomic mass is 9.95. The fourth-order valence-electron chi connectivity index (χ4n) is 4.04. The number of aromatic nitrogens is 2. The second-order valence-corrected chi connectivity index (χ2v) is 9.30. The molecule has 0 aromatic carbocycles. The van der Waals surface area contributed by atoms with Crippen molar-refractivity contribution in [3.63, 3.8) is 0 Å². The van der Waals surface area contributed by atoms with Gasteiger partial charge in [0, 0.05) is 50.8 Å². The number of piperidine rings is 2. The highest BCUT2D eigenvalue weighted by atomic mass is 16.6. The van der Waals surface area contributed by atoms with E-state index in [1.165, 1.54) is 0 Å². The summed E-state index contributed by atoms with van der Waals surface area (Å²) in [5, 5.41) is 0. The molecule has 1 atom stereocenters. The van der Waals surface area contributed by atoms with Crippen molar-refractivity contribution in [2.45, 2.75) is 72.0 Å². The number of rotatable bonds is 3. The molecule has 2 aliphatic rings. The smallest absolute Gasteiger partial charge is 0.410 e. The molecule has 0 unspecified atom stereocenters. The van der Waals surface area contributed by atoms with E-state index in [0.717, 1.165) is 31.4 Å². The minimum atomic E-state index is -0.531. The van der Waals surface area contributed by atoms with Gasteiger partial charge in [0.05, 0.1) is 5.92 Å². The normalized spacial score (nSPS) is 20.8. The Morgan fingerprint density at radius 1 is 1.03 bits per heavy atom. The van der Waals surface area contributed by atoms with Crippen LogP contribution in [-0.2, 0) is 9.53 Å². The molecular weight excluding hydrogens is 384 g/mol. The first-order valence-corrected chi connectivity index (χ1v) is 10.9. The van der Waals surface area contributed by atoms with Gasteiger partial charge in [-0.1, -0.05) is 0 Å². The summed E-state index contributed by atoms with van der Waals surface area (Å²) in [6, 6.07) is 1.85. The third-order valence-electron chi connectivity index (χ3n) is 5.41. The summed E-state index contributed by atoms with van der Waals surface area (Å²) < 4.78 is 11.5. The van der Waals surface area contributed by atoms with Crippen LogP contribution in [0.5, 0.6) is 5.88 Å². The molecule has 8 heteroatoms. The van der Waals surface area contributed by atoms with E-state index in [2.05, 4.69) is 9.97 Å². The molecule has 3 heterocycles. The van der Waals surface area contributed by atoms with Gasteiger partial charge in [-0.05, 0) is 47.5 Å². The molecule has 0 spiro atoms. The summed E-state index contributed by atoms with van der Waals surface area (Å²) in [7, 11) is 0. The Morgan fingerprint density at radius 3 is 2.37 bits per heavy atom. The van der Waals surface area contributed by atoms with Crippen molar-refractivity contribution < 1.29 is 19.1 Å². The fraction of sp³-hybridized carbons (Fsp3) is 0.727. The van der Waals surface area contributed by atoms with Gasteiger partial charge in [-0.3, -0.25) is 4.79 Å². The van der Waals surface area contributed by atoms with E-state index in [4.69, 9.17) is 9.47 Å². The number of likely N-dealkylation sites (tertiary alicyclic amines) is 2. The Kier molecular flexibility index (Phi) is 6.83. The van der Waals surface area contributed by atoms with E-state index < -0.39 is 5.60 Å². The van der Waals surface area contributed by atoms with Crippen molar-refractivity contribution in [2.75, 3.05) is 26.2 Å². The molecule has 166 valence electrons. The van der Waals surface area contributed by atoms with Crippen molar-refractivity contribution in [1.29, 1.82) is 0 Å². The number of carbonyl (C=O) groups excluding carboxylic acids is 2. The standard InChI is InChI=1S/C22H34N4O4/c1-15-13-19(24-16(2)23-15)29-18-8-11-25(12-9-18)20(27)17-7-6-10-26(14-17)21(28)30-22(3,4)5/h13,17-18H,6-12,14H2,1-5H3/t17-/m0/s1. The zero-order valence-electron chi connectivity index (χ0n) is 18.8. The van der Waals surface area contributed by atoms with Gasteiger partial charge in [0.2, 0.25) is 11.8 Å². The molecule has 3 rings (SSSR count). The lowest BCUT2D eigenvalue weighted by Crippen LogP contribution is -2.50. The number of nitrogens with zero attached hydrogens (tertiary/aromatic N) is 4. The third-order valence-corrected chi connectivity index (χ3v) is 5.41. The highest BCUT2D eigenvalue weighted by molar-refractivity contribution is 5.80. The lowest BCUT2D eigenvalue weighted by Gasteiger charge is -2.38.